The number of rotatable bonds is 2. The first-order valence-corrected chi connectivity index (χ1v) is 6.87. The molecule has 0 atom stereocenters. The van der Waals surface area contributed by atoms with Gasteiger partial charge in [0.1, 0.15) is 11.5 Å². The fourth-order valence-electron chi connectivity index (χ4n) is 2.01. The lowest BCUT2D eigenvalue weighted by Gasteiger charge is -2.08. The van der Waals surface area contributed by atoms with Gasteiger partial charge in [0.2, 0.25) is 0 Å². The average Bonchev–Trinajstić information content (AvgIpc) is 2.94. The van der Waals surface area contributed by atoms with E-state index in [0.717, 1.165) is 0 Å². The number of nitrogens with one attached hydrogen (secondary N) is 2. The molecule has 9 heteroatoms. The van der Waals surface area contributed by atoms with E-state index in [1.165, 1.54) is 16.9 Å². The van der Waals surface area contributed by atoms with Crippen LogP contribution in [-0.2, 0) is 0 Å². The molecule has 0 saturated heterocycles. The molecule has 108 valence electrons. The summed E-state index contributed by atoms with van der Waals surface area (Å²) in [6, 6.07) is 4.38. The second kappa shape index (κ2) is 5.14. The number of halogens is 3. The van der Waals surface area contributed by atoms with Gasteiger partial charge in [-0.3, -0.25) is 15.0 Å². The van der Waals surface area contributed by atoms with Crippen LogP contribution in [-0.4, -0.2) is 20.0 Å². The van der Waals surface area contributed by atoms with Gasteiger partial charge in [-0.15, -0.1) is 0 Å². The van der Waals surface area contributed by atoms with Crippen molar-refractivity contribution >= 4 is 40.6 Å². The van der Waals surface area contributed by atoms with Gasteiger partial charge in [-0.25, -0.2) is 4.68 Å². The molecule has 2 aromatic heterocycles. The van der Waals surface area contributed by atoms with Gasteiger partial charge in [-0.2, -0.15) is 5.10 Å². The van der Waals surface area contributed by atoms with Crippen molar-refractivity contribution < 1.29 is 0 Å². The first-order chi connectivity index (χ1) is 9.97. The van der Waals surface area contributed by atoms with Crippen LogP contribution in [0.15, 0.2) is 29.2 Å². The van der Waals surface area contributed by atoms with Crippen LogP contribution < -0.4 is 11.3 Å². The summed E-state index contributed by atoms with van der Waals surface area (Å²) in [6.45, 7) is 0. The number of benzene rings is 1. The lowest BCUT2D eigenvalue weighted by atomic mass is 10.1. The molecule has 4 N–H and O–H groups in total. The number of anilines is 1. The molecule has 0 radical (unpaired) electrons. The summed E-state index contributed by atoms with van der Waals surface area (Å²) in [5.41, 5.74) is 6.67. The summed E-state index contributed by atoms with van der Waals surface area (Å²) in [4.78, 5) is 11.9. The highest BCUT2D eigenvalue weighted by Crippen LogP contribution is 2.38. The Kier molecular flexibility index (Phi) is 3.44. The Hall–Kier alpha value is -1.89. The highest BCUT2D eigenvalue weighted by molar-refractivity contribution is 6.41. The molecule has 0 aliphatic heterocycles. The van der Waals surface area contributed by atoms with Crippen LogP contribution in [0.25, 0.3) is 16.9 Å². The molecule has 6 nitrogen and oxygen atoms in total. The lowest BCUT2D eigenvalue weighted by Crippen LogP contribution is -2.13. The number of nitrogen functional groups attached to an aromatic ring is 1. The minimum Gasteiger partial charge on any atom is -0.384 e. The average molecular weight is 345 g/mol. The Balaban J connectivity index is 2.25. The van der Waals surface area contributed by atoms with Crippen molar-refractivity contribution in [1.82, 2.24) is 20.0 Å². The summed E-state index contributed by atoms with van der Waals surface area (Å²) in [5, 5.41) is 10.5. The predicted octanol–water partition coefficient (Wildman–Crippen LogP) is 3.10. The molecule has 0 amide bonds. The SMILES string of the molecule is Nc1cc(=O)n(-c2cn[nH]c2-c2c(Cl)cc(Cl)cc2Cl)[nH]1. The Bertz CT molecular complexity index is 856. The van der Waals surface area contributed by atoms with Gasteiger partial charge >= 0.3 is 0 Å². The molecule has 3 rings (SSSR count). The fourth-order valence-corrected chi connectivity index (χ4v) is 3.01. The van der Waals surface area contributed by atoms with E-state index < -0.39 is 0 Å². The molecule has 0 spiro atoms. The molecule has 21 heavy (non-hydrogen) atoms. The van der Waals surface area contributed by atoms with Crippen molar-refractivity contribution in [2.75, 3.05) is 5.73 Å². The summed E-state index contributed by atoms with van der Waals surface area (Å²) in [5.74, 6) is 0.237. The van der Waals surface area contributed by atoms with Crippen molar-refractivity contribution in [3.8, 4) is 16.9 Å². The third-order valence-electron chi connectivity index (χ3n) is 2.86. The number of hydrogen-bond donors (Lipinski definition) is 3. The van der Waals surface area contributed by atoms with E-state index in [-0.39, 0.29) is 11.4 Å². The Morgan fingerprint density at radius 2 is 1.81 bits per heavy atom. The molecule has 0 fully saturated rings. The maximum atomic E-state index is 11.9. The van der Waals surface area contributed by atoms with E-state index in [0.29, 0.717) is 32.0 Å². The van der Waals surface area contributed by atoms with Gasteiger partial charge in [0.05, 0.1) is 21.9 Å². The minimum absolute atomic E-state index is 0.237. The van der Waals surface area contributed by atoms with Gasteiger partial charge in [0, 0.05) is 16.7 Å². The summed E-state index contributed by atoms with van der Waals surface area (Å²) in [6.07, 6.45) is 1.47. The summed E-state index contributed by atoms with van der Waals surface area (Å²) < 4.78 is 1.25. The van der Waals surface area contributed by atoms with Crippen LogP contribution in [0.1, 0.15) is 0 Å². The summed E-state index contributed by atoms with van der Waals surface area (Å²) >= 11 is 18.3. The maximum Gasteiger partial charge on any atom is 0.273 e. The minimum atomic E-state index is -0.323. The van der Waals surface area contributed by atoms with Crippen molar-refractivity contribution in [3.63, 3.8) is 0 Å². The molecular weight excluding hydrogens is 337 g/mol. The van der Waals surface area contributed by atoms with Crippen LogP contribution in [0.4, 0.5) is 5.82 Å². The van der Waals surface area contributed by atoms with Crippen LogP contribution in [0.5, 0.6) is 0 Å². The van der Waals surface area contributed by atoms with Crippen LogP contribution in [0.3, 0.4) is 0 Å². The molecule has 0 saturated carbocycles. The third-order valence-corrected chi connectivity index (χ3v) is 3.67. The number of H-pyrrole nitrogens is 2. The van der Waals surface area contributed by atoms with Gasteiger partial charge in [0.15, 0.2) is 0 Å². The van der Waals surface area contributed by atoms with Gasteiger partial charge < -0.3 is 5.73 Å². The Morgan fingerprint density at radius 1 is 1.14 bits per heavy atom. The lowest BCUT2D eigenvalue weighted by molar-refractivity contribution is 0.856. The largest absolute Gasteiger partial charge is 0.384 e. The standard InChI is InChI=1S/C12H8Cl3N5O/c13-5-1-6(14)11(7(15)2-5)12-8(4-17-18-12)20-10(21)3-9(16)19-20/h1-4,19H,16H2,(H,17,18). The molecule has 0 aliphatic carbocycles. The van der Waals surface area contributed by atoms with Gasteiger partial charge in [-0.1, -0.05) is 34.8 Å². The first kappa shape index (κ1) is 14.1. The monoisotopic (exact) mass is 343 g/mol. The van der Waals surface area contributed by atoms with E-state index >= 15 is 0 Å². The molecule has 0 unspecified atom stereocenters. The quantitative estimate of drug-likeness (QED) is 0.667. The van der Waals surface area contributed by atoms with E-state index in [1.54, 1.807) is 12.1 Å². The van der Waals surface area contributed by atoms with Crippen molar-refractivity contribution in [2.45, 2.75) is 0 Å². The van der Waals surface area contributed by atoms with Crippen LogP contribution in [0, 0.1) is 0 Å². The molecule has 0 bridgehead atoms. The normalized spacial score (nSPS) is 11.0. The van der Waals surface area contributed by atoms with Crippen LogP contribution >= 0.6 is 34.8 Å². The number of nitrogens with zero attached hydrogens (tertiary/aromatic N) is 2. The van der Waals surface area contributed by atoms with Crippen molar-refractivity contribution in [3.05, 3.63) is 49.8 Å². The Morgan fingerprint density at radius 3 is 2.38 bits per heavy atom. The topological polar surface area (TPSA) is 92.5 Å². The van der Waals surface area contributed by atoms with E-state index in [4.69, 9.17) is 40.5 Å². The number of aromatic nitrogens is 4. The van der Waals surface area contributed by atoms with Gasteiger partial charge in [-0.05, 0) is 12.1 Å². The molecular formula is C12H8Cl3N5O. The van der Waals surface area contributed by atoms with E-state index in [9.17, 15) is 4.79 Å². The third kappa shape index (κ3) is 2.42. The number of hydrogen-bond acceptors (Lipinski definition) is 3. The number of nitrogens with two attached hydrogens (primary N) is 1. The van der Waals surface area contributed by atoms with E-state index in [1.807, 2.05) is 0 Å². The number of aromatic amines is 2. The highest BCUT2D eigenvalue weighted by atomic mass is 35.5. The first-order valence-electron chi connectivity index (χ1n) is 5.73. The van der Waals surface area contributed by atoms with Crippen molar-refractivity contribution in [1.29, 1.82) is 0 Å². The van der Waals surface area contributed by atoms with Crippen LogP contribution in [0.2, 0.25) is 15.1 Å². The second-order valence-corrected chi connectivity index (χ2v) is 5.51. The van der Waals surface area contributed by atoms with Gasteiger partial charge in [0.25, 0.3) is 5.56 Å². The molecule has 0 aliphatic rings. The smallest absolute Gasteiger partial charge is 0.273 e. The van der Waals surface area contributed by atoms with E-state index in [2.05, 4.69) is 15.3 Å². The molecule has 3 aromatic rings. The molecule has 1 aromatic carbocycles. The zero-order valence-corrected chi connectivity index (χ0v) is 12.6. The predicted molar refractivity (Wildman–Crippen MR) is 83.4 cm³/mol. The highest BCUT2D eigenvalue weighted by Gasteiger charge is 2.18. The van der Waals surface area contributed by atoms with Crippen molar-refractivity contribution in [2.24, 2.45) is 0 Å². The Labute approximate surface area is 133 Å². The maximum absolute atomic E-state index is 11.9. The molecule has 2 heterocycles. The zero-order chi connectivity index (χ0) is 15.1. The fraction of sp³-hybridized carbons (Fsp3) is 0. The second-order valence-electron chi connectivity index (χ2n) is 4.26. The zero-order valence-electron chi connectivity index (χ0n) is 10.3. The summed E-state index contributed by atoms with van der Waals surface area (Å²) in [7, 11) is 0.